The molecule has 1 aromatic heterocycles. The summed E-state index contributed by atoms with van der Waals surface area (Å²) < 4.78 is 16.9. The van der Waals surface area contributed by atoms with Gasteiger partial charge in [0.05, 0.1) is 31.9 Å². The van der Waals surface area contributed by atoms with Crippen molar-refractivity contribution in [3.63, 3.8) is 0 Å². The Hall–Kier alpha value is -1.73. The van der Waals surface area contributed by atoms with E-state index in [1.807, 2.05) is 24.3 Å². The number of hydrogen-bond donors (Lipinski definition) is 1. The fraction of sp³-hybridized carbons (Fsp3) is 0.526. The maximum absolute atomic E-state index is 10.8. The van der Waals surface area contributed by atoms with E-state index >= 15 is 0 Å². The van der Waals surface area contributed by atoms with E-state index in [9.17, 15) is 5.11 Å². The third-order valence-corrected chi connectivity index (χ3v) is 5.20. The lowest BCUT2D eigenvalue weighted by atomic mass is 10.0. The lowest BCUT2D eigenvalue weighted by Gasteiger charge is -2.38. The number of ether oxygens (including phenoxy) is 3. The molecule has 0 bridgehead atoms. The molecule has 4 rings (SSSR count). The summed E-state index contributed by atoms with van der Waals surface area (Å²) in [6, 6.07) is 7.63. The zero-order chi connectivity index (χ0) is 17.3. The van der Waals surface area contributed by atoms with E-state index in [0.29, 0.717) is 19.8 Å². The van der Waals surface area contributed by atoms with E-state index < -0.39 is 6.10 Å². The summed E-state index contributed by atoms with van der Waals surface area (Å²) in [5.41, 5.74) is 1.75. The highest BCUT2D eigenvalue weighted by Crippen LogP contribution is 2.33. The first-order chi connectivity index (χ1) is 12.2. The number of β-amino-alcohol motifs (C(OH)–C–C–N with tert-alkyl or cyclic N) is 1. The Morgan fingerprint density at radius 3 is 2.72 bits per heavy atom. The summed E-state index contributed by atoms with van der Waals surface area (Å²) >= 11 is 0. The fourth-order valence-electron chi connectivity index (χ4n) is 3.77. The largest absolute Gasteiger partial charge is 0.497 e. The van der Waals surface area contributed by atoms with E-state index in [4.69, 9.17) is 14.2 Å². The van der Waals surface area contributed by atoms with Crippen LogP contribution in [-0.2, 0) is 9.47 Å². The van der Waals surface area contributed by atoms with Gasteiger partial charge in [0, 0.05) is 44.1 Å². The summed E-state index contributed by atoms with van der Waals surface area (Å²) in [5.74, 6) is 0.391. The molecule has 0 aliphatic carbocycles. The van der Waals surface area contributed by atoms with E-state index in [0.717, 1.165) is 48.1 Å². The molecule has 1 N–H and O–H groups in total. The number of aliphatic hydroxyl groups excluding tert-OH is 1. The number of aromatic nitrogens is 1. The van der Waals surface area contributed by atoms with Gasteiger partial charge in [-0.15, -0.1) is 0 Å². The highest BCUT2D eigenvalue weighted by molar-refractivity contribution is 5.83. The first-order valence-electron chi connectivity index (χ1n) is 8.80. The second-order valence-corrected chi connectivity index (χ2v) is 6.71. The zero-order valence-electron chi connectivity index (χ0n) is 14.5. The number of methoxy groups -OCH3 is 1. The van der Waals surface area contributed by atoms with Gasteiger partial charge in [0.1, 0.15) is 5.75 Å². The summed E-state index contributed by atoms with van der Waals surface area (Å²) in [4.78, 5) is 6.65. The van der Waals surface area contributed by atoms with Gasteiger partial charge in [-0.1, -0.05) is 0 Å². The van der Waals surface area contributed by atoms with Crippen molar-refractivity contribution >= 4 is 10.9 Å². The molecule has 1 spiro atoms. The Labute approximate surface area is 147 Å². The molecular weight excluding hydrogens is 320 g/mol. The maximum atomic E-state index is 10.8. The van der Waals surface area contributed by atoms with Gasteiger partial charge in [0.25, 0.3) is 0 Å². The topological polar surface area (TPSA) is 64.1 Å². The first-order valence-corrected chi connectivity index (χ1v) is 8.80. The van der Waals surface area contributed by atoms with Crippen molar-refractivity contribution in [3.05, 3.63) is 36.0 Å². The van der Waals surface area contributed by atoms with Crippen LogP contribution in [0.2, 0.25) is 0 Å². The highest BCUT2D eigenvalue weighted by atomic mass is 16.7. The van der Waals surface area contributed by atoms with Gasteiger partial charge in [0.15, 0.2) is 5.79 Å². The van der Waals surface area contributed by atoms with E-state index in [-0.39, 0.29) is 5.79 Å². The fourth-order valence-corrected chi connectivity index (χ4v) is 3.77. The van der Waals surface area contributed by atoms with Gasteiger partial charge in [0.2, 0.25) is 0 Å². The van der Waals surface area contributed by atoms with Crippen molar-refractivity contribution in [3.8, 4) is 5.75 Å². The average Bonchev–Trinajstić information content (AvgIpc) is 3.11. The van der Waals surface area contributed by atoms with E-state index in [1.54, 1.807) is 13.3 Å². The summed E-state index contributed by atoms with van der Waals surface area (Å²) in [5, 5.41) is 11.8. The van der Waals surface area contributed by atoms with Crippen molar-refractivity contribution in [2.45, 2.75) is 24.7 Å². The number of rotatable bonds is 4. The molecule has 2 aliphatic rings. The minimum absolute atomic E-state index is 0.377. The third kappa shape index (κ3) is 3.35. The van der Waals surface area contributed by atoms with Crippen molar-refractivity contribution in [2.24, 2.45) is 0 Å². The van der Waals surface area contributed by atoms with Crippen LogP contribution in [0.15, 0.2) is 30.5 Å². The van der Waals surface area contributed by atoms with Crippen molar-refractivity contribution < 1.29 is 19.3 Å². The predicted molar refractivity (Wildman–Crippen MR) is 93.6 cm³/mol. The Balaban J connectivity index is 1.48. The molecule has 25 heavy (non-hydrogen) atoms. The van der Waals surface area contributed by atoms with Gasteiger partial charge in [-0.05, 0) is 29.8 Å². The minimum atomic E-state index is -0.572. The number of fused-ring (bicyclic) bond motifs is 1. The Morgan fingerprint density at radius 2 is 2.00 bits per heavy atom. The normalized spacial score (nSPS) is 21.7. The number of hydrogen-bond acceptors (Lipinski definition) is 6. The lowest BCUT2D eigenvalue weighted by Crippen LogP contribution is -2.46. The average molecular weight is 344 g/mol. The van der Waals surface area contributed by atoms with Crippen LogP contribution in [0.25, 0.3) is 10.9 Å². The third-order valence-electron chi connectivity index (χ3n) is 5.20. The molecule has 2 fully saturated rings. The summed E-state index contributed by atoms with van der Waals surface area (Å²) in [6.07, 6.45) is 2.88. The molecule has 2 saturated heterocycles. The van der Waals surface area contributed by atoms with Crippen LogP contribution in [0.1, 0.15) is 24.5 Å². The molecule has 1 aromatic carbocycles. The molecular formula is C19H24N2O4. The van der Waals surface area contributed by atoms with Crippen LogP contribution in [0.4, 0.5) is 0 Å². The SMILES string of the molecule is COc1ccc2nccc(C(O)CN3CCC4(CC3)OCCO4)c2c1. The van der Waals surface area contributed by atoms with Crippen LogP contribution < -0.4 is 4.74 Å². The molecule has 1 atom stereocenters. The highest BCUT2D eigenvalue weighted by Gasteiger charge is 2.40. The smallest absolute Gasteiger partial charge is 0.170 e. The molecule has 134 valence electrons. The van der Waals surface area contributed by atoms with Crippen LogP contribution in [0.5, 0.6) is 5.75 Å². The van der Waals surface area contributed by atoms with Gasteiger partial charge < -0.3 is 24.2 Å². The van der Waals surface area contributed by atoms with Crippen molar-refractivity contribution in [1.29, 1.82) is 0 Å². The van der Waals surface area contributed by atoms with Gasteiger partial charge >= 0.3 is 0 Å². The Kier molecular flexibility index (Phi) is 4.60. The summed E-state index contributed by atoms with van der Waals surface area (Å²) in [6.45, 7) is 3.69. The molecule has 0 radical (unpaired) electrons. The Bertz CT molecular complexity index is 735. The van der Waals surface area contributed by atoms with Crippen LogP contribution in [0, 0.1) is 0 Å². The van der Waals surface area contributed by atoms with Gasteiger partial charge in [-0.25, -0.2) is 0 Å². The molecule has 6 heteroatoms. The molecule has 0 saturated carbocycles. The molecule has 6 nitrogen and oxygen atoms in total. The molecule has 3 heterocycles. The number of piperidine rings is 1. The number of likely N-dealkylation sites (tertiary alicyclic amines) is 1. The van der Waals surface area contributed by atoms with Crippen molar-refractivity contribution in [1.82, 2.24) is 9.88 Å². The number of nitrogens with zero attached hydrogens (tertiary/aromatic N) is 2. The number of benzene rings is 1. The van der Waals surface area contributed by atoms with Gasteiger partial charge in [-0.3, -0.25) is 4.98 Å². The molecule has 2 aliphatic heterocycles. The predicted octanol–water partition coefficient (Wildman–Crippen LogP) is 2.12. The van der Waals surface area contributed by atoms with Crippen molar-refractivity contribution in [2.75, 3.05) is 40.0 Å². The molecule has 1 unspecified atom stereocenters. The number of pyridine rings is 1. The first kappa shape index (κ1) is 16.7. The van der Waals surface area contributed by atoms with Crippen LogP contribution in [-0.4, -0.2) is 60.7 Å². The van der Waals surface area contributed by atoms with E-state index in [1.165, 1.54) is 0 Å². The molecule has 2 aromatic rings. The maximum Gasteiger partial charge on any atom is 0.170 e. The van der Waals surface area contributed by atoms with Crippen LogP contribution in [0.3, 0.4) is 0 Å². The monoisotopic (exact) mass is 344 g/mol. The van der Waals surface area contributed by atoms with E-state index in [2.05, 4.69) is 9.88 Å². The lowest BCUT2D eigenvalue weighted by molar-refractivity contribution is -0.186. The Morgan fingerprint density at radius 1 is 1.24 bits per heavy atom. The minimum Gasteiger partial charge on any atom is -0.497 e. The summed E-state index contributed by atoms with van der Waals surface area (Å²) in [7, 11) is 1.64. The van der Waals surface area contributed by atoms with Crippen LogP contribution >= 0.6 is 0 Å². The standard InChI is InChI=1S/C19H24N2O4/c1-23-14-2-3-17-16(12-14)15(4-7-20-17)18(22)13-21-8-5-19(6-9-21)24-10-11-25-19/h2-4,7,12,18,22H,5-6,8-11,13H2,1H3. The zero-order valence-corrected chi connectivity index (χ0v) is 14.5. The second kappa shape index (κ2) is 6.88. The molecule has 0 amide bonds. The second-order valence-electron chi connectivity index (χ2n) is 6.71. The quantitative estimate of drug-likeness (QED) is 0.917. The van der Waals surface area contributed by atoms with Gasteiger partial charge in [-0.2, -0.15) is 0 Å². The number of aliphatic hydroxyl groups is 1.